The summed E-state index contributed by atoms with van der Waals surface area (Å²) in [4.78, 5) is 11.6. The average molecular weight is 503 g/mol. The summed E-state index contributed by atoms with van der Waals surface area (Å²) in [5.41, 5.74) is 3.53. The largest absolute Gasteiger partial charge is 0.465 e. The monoisotopic (exact) mass is 502 g/mol. The molecule has 0 aliphatic heterocycles. The van der Waals surface area contributed by atoms with E-state index in [9.17, 15) is 21.6 Å². The molecule has 0 fully saturated rings. The van der Waals surface area contributed by atoms with Crippen molar-refractivity contribution in [3.63, 3.8) is 0 Å². The summed E-state index contributed by atoms with van der Waals surface area (Å²) in [6, 6.07) is 10.2. The van der Waals surface area contributed by atoms with Crippen molar-refractivity contribution >= 4 is 37.4 Å². The van der Waals surface area contributed by atoms with E-state index in [1.165, 1.54) is 21.2 Å². The summed E-state index contributed by atoms with van der Waals surface area (Å²) in [7, 11) is -2.56. The molecule has 0 aliphatic rings. The van der Waals surface area contributed by atoms with Gasteiger partial charge in [-0.1, -0.05) is 36.8 Å². The molecule has 2 aromatic carbocycles. The minimum Gasteiger partial charge on any atom is -0.465 e. The van der Waals surface area contributed by atoms with E-state index >= 15 is 0 Å². The van der Waals surface area contributed by atoms with E-state index in [-0.39, 0.29) is 19.6 Å². The molecule has 0 heterocycles. The Hall–Kier alpha value is -2.63. The van der Waals surface area contributed by atoms with E-state index in [1.54, 1.807) is 30.3 Å². The molecule has 0 saturated carbocycles. The Morgan fingerprint density at radius 3 is 1.73 bits per heavy atom. The number of ether oxygens (including phenoxy) is 1. The molecule has 33 heavy (non-hydrogen) atoms. The van der Waals surface area contributed by atoms with Gasteiger partial charge in [-0.15, -0.1) is 0 Å². The Morgan fingerprint density at radius 1 is 0.879 bits per heavy atom. The fourth-order valence-corrected chi connectivity index (χ4v) is 3.76. The number of nitrogens with zero attached hydrogens (tertiary/aromatic N) is 2. The van der Waals surface area contributed by atoms with Crippen LogP contribution in [0.2, 0.25) is 0 Å². The molecule has 0 radical (unpaired) electrons. The van der Waals surface area contributed by atoms with Crippen LogP contribution in [0.4, 0.5) is 11.4 Å². The van der Waals surface area contributed by atoms with Gasteiger partial charge in [-0.05, 0) is 32.0 Å². The van der Waals surface area contributed by atoms with Gasteiger partial charge in [-0.3, -0.25) is 8.61 Å². The van der Waals surface area contributed by atoms with E-state index in [1.807, 2.05) is 19.9 Å². The highest BCUT2D eigenvalue weighted by Crippen LogP contribution is 2.24. The maximum absolute atomic E-state index is 11.6. The van der Waals surface area contributed by atoms with Gasteiger partial charge in [-0.25, -0.2) is 21.6 Å². The number of sulfonamides is 2. The number of hydrogen-bond acceptors (Lipinski definition) is 7. The minimum absolute atomic E-state index is 0. The van der Waals surface area contributed by atoms with Gasteiger partial charge in [0.05, 0.1) is 43.2 Å². The van der Waals surface area contributed by atoms with Gasteiger partial charge in [-0.2, -0.15) is 0 Å². The third-order valence-electron chi connectivity index (χ3n) is 4.64. The molecule has 0 unspecified atom stereocenters. The first-order valence-electron chi connectivity index (χ1n) is 9.40. The second kappa shape index (κ2) is 12.0. The second-order valence-corrected chi connectivity index (χ2v) is 11.3. The molecule has 2 rings (SSSR count). The summed E-state index contributed by atoms with van der Waals surface area (Å²) >= 11 is 0. The number of rotatable bonds is 6. The molecule has 186 valence electrons. The van der Waals surface area contributed by atoms with Crippen molar-refractivity contribution in [2.75, 3.05) is 42.3 Å². The van der Waals surface area contributed by atoms with Crippen molar-refractivity contribution in [2.45, 2.75) is 27.9 Å². The fraction of sp³-hybridized carbons (Fsp3) is 0.409. The fourth-order valence-electron chi connectivity index (χ4n) is 2.70. The van der Waals surface area contributed by atoms with Gasteiger partial charge in [0, 0.05) is 19.7 Å². The van der Waals surface area contributed by atoms with Crippen molar-refractivity contribution in [3.05, 3.63) is 58.7 Å². The maximum atomic E-state index is 11.6. The van der Waals surface area contributed by atoms with Crippen LogP contribution < -0.4 is 8.61 Å². The van der Waals surface area contributed by atoms with Gasteiger partial charge >= 0.3 is 5.97 Å². The number of aliphatic hydroxyl groups excluding tert-OH is 1. The molecule has 0 saturated heterocycles. The summed E-state index contributed by atoms with van der Waals surface area (Å²) in [6.07, 6.45) is 2.21. The predicted octanol–water partition coefficient (Wildman–Crippen LogP) is 2.70. The molecule has 2 aromatic rings. The van der Waals surface area contributed by atoms with Crippen LogP contribution in [0, 0.1) is 13.8 Å². The van der Waals surface area contributed by atoms with Crippen LogP contribution in [0.3, 0.4) is 0 Å². The third-order valence-corrected chi connectivity index (χ3v) is 7.02. The van der Waals surface area contributed by atoms with Crippen molar-refractivity contribution in [1.29, 1.82) is 0 Å². The molecule has 1 N–H and O–H groups in total. The highest BCUT2D eigenvalue weighted by Gasteiger charge is 2.20. The third kappa shape index (κ3) is 8.34. The normalized spacial score (nSPS) is 10.9. The van der Waals surface area contributed by atoms with Crippen LogP contribution in [0.15, 0.2) is 36.4 Å². The quantitative estimate of drug-likeness (QED) is 0.603. The van der Waals surface area contributed by atoms with E-state index in [2.05, 4.69) is 4.74 Å². The lowest BCUT2D eigenvalue weighted by Crippen LogP contribution is -2.26. The van der Waals surface area contributed by atoms with E-state index in [0.29, 0.717) is 16.9 Å². The number of aliphatic hydroxyl groups is 1. The smallest absolute Gasteiger partial charge is 0.340 e. The van der Waals surface area contributed by atoms with Crippen molar-refractivity contribution < 1.29 is 31.5 Å². The summed E-state index contributed by atoms with van der Waals surface area (Å²) in [5.74, 6) is -0.556. The number of carbonyl (C=O) groups is 1. The lowest BCUT2D eigenvalue weighted by Gasteiger charge is -2.19. The Labute approximate surface area is 197 Å². The van der Waals surface area contributed by atoms with Crippen LogP contribution in [0.5, 0.6) is 0 Å². The number of hydrogen-bond donors (Lipinski definition) is 1. The number of carbonyl (C=O) groups excluding carboxylic acids is 1. The van der Waals surface area contributed by atoms with E-state index in [0.717, 1.165) is 32.2 Å². The van der Waals surface area contributed by atoms with Gasteiger partial charge < -0.3 is 9.84 Å². The molecule has 0 atom stereocenters. The first-order chi connectivity index (χ1) is 14.6. The van der Waals surface area contributed by atoms with Crippen molar-refractivity contribution in [1.82, 2.24) is 0 Å². The number of aryl methyl sites for hydroxylation is 2. The van der Waals surface area contributed by atoms with Crippen LogP contribution in [0.25, 0.3) is 0 Å². The van der Waals surface area contributed by atoms with Crippen molar-refractivity contribution in [2.24, 2.45) is 0 Å². The van der Waals surface area contributed by atoms with Crippen molar-refractivity contribution in [3.8, 4) is 0 Å². The zero-order valence-electron chi connectivity index (χ0n) is 19.3. The number of methoxy groups -OCH3 is 1. The molecule has 0 aromatic heterocycles. The lowest BCUT2D eigenvalue weighted by molar-refractivity contribution is 0.0601. The highest BCUT2D eigenvalue weighted by molar-refractivity contribution is 7.92. The topological polar surface area (TPSA) is 121 Å². The molecular weight excluding hydrogens is 468 g/mol. The van der Waals surface area contributed by atoms with Gasteiger partial charge in [0.2, 0.25) is 20.0 Å². The predicted molar refractivity (Wildman–Crippen MR) is 133 cm³/mol. The molecule has 11 heteroatoms. The zero-order valence-corrected chi connectivity index (χ0v) is 20.9. The Balaban J connectivity index is 0.000000607. The van der Waals surface area contributed by atoms with Crippen LogP contribution >= 0.6 is 0 Å². The van der Waals surface area contributed by atoms with Crippen LogP contribution in [0.1, 0.15) is 34.5 Å². The zero-order chi connectivity index (χ0) is 24.9. The number of esters is 1. The lowest BCUT2D eigenvalue weighted by atomic mass is 10.1. The first-order valence-corrected chi connectivity index (χ1v) is 13.1. The SMILES string of the molecule is C.COC(=O)c1cc(C)ccc1N(C)S(C)(=O)=O.Cc1ccc(N(C)S(C)(=O)=O)c(CO)c1. The van der Waals surface area contributed by atoms with Crippen LogP contribution in [-0.2, 0) is 31.4 Å². The number of benzene rings is 2. The molecule has 0 bridgehead atoms. The second-order valence-electron chi connectivity index (χ2n) is 7.26. The Morgan fingerprint density at radius 2 is 1.30 bits per heavy atom. The van der Waals surface area contributed by atoms with Gasteiger partial charge in [0.15, 0.2) is 0 Å². The Bertz CT molecular complexity index is 1180. The van der Waals surface area contributed by atoms with Crippen LogP contribution in [-0.4, -0.2) is 61.6 Å². The van der Waals surface area contributed by atoms with Gasteiger partial charge in [0.1, 0.15) is 0 Å². The molecule has 0 spiro atoms. The Kier molecular flexibility index (Phi) is 11.1. The summed E-state index contributed by atoms with van der Waals surface area (Å²) < 4.78 is 52.4. The first kappa shape index (κ1) is 30.4. The molecule has 9 nitrogen and oxygen atoms in total. The highest BCUT2D eigenvalue weighted by atomic mass is 32.2. The standard InChI is InChI=1S/C11H15NO4S.C10H15NO3S.CH4/c1-8-5-6-10(12(2)17(4,14)15)9(7-8)11(13)16-3;1-8-4-5-10(9(6-8)7-12)11(2)15(3,13)14;/h5-7H,1-4H3;4-6,12H,7H2,1-3H3;1H4. The molecule has 0 amide bonds. The van der Waals surface area contributed by atoms with E-state index < -0.39 is 26.0 Å². The van der Waals surface area contributed by atoms with E-state index in [4.69, 9.17) is 5.11 Å². The minimum atomic E-state index is -3.41. The number of anilines is 2. The molecular formula is C22H34N2O7S2. The maximum Gasteiger partial charge on any atom is 0.340 e. The molecule has 0 aliphatic carbocycles. The summed E-state index contributed by atoms with van der Waals surface area (Å²) in [5, 5.41) is 9.14. The average Bonchev–Trinajstić information content (AvgIpc) is 2.71. The summed E-state index contributed by atoms with van der Waals surface area (Å²) in [6.45, 7) is 3.54. The van der Waals surface area contributed by atoms with Gasteiger partial charge in [0.25, 0.3) is 0 Å².